The fourth-order valence-electron chi connectivity index (χ4n) is 18.6. The second kappa shape index (κ2) is 51.3. The third-order valence-electron chi connectivity index (χ3n) is 23.1. The van der Waals surface area contributed by atoms with Crippen LogP contribution in [0.3, 0.4) is 0 Å². The molecule has 0 bridgehead atoms. The van der Waals surface area contributed by atoms with Gasteiger partial charge in [-0.25, -0.2) is 0 Å². The number of nitrogens with one attached hydrogen (secondary N) is 1. The van der Waals surface area contributed by atoms with Crippen molar-refractivity contribution in [2.45, 2.75) is 357 Å². The van der Waals surface area contributed by atoms with Gasteiger partial charge in [0, 0.05) is 135 Å². The molecule has 11 heterocycles. The number of carbonyl (C=O) groups is 7. The van der Waals surface area contributed by atoms with Crippen molar-refractivity contribution in [2.24, 2.45) is 0 Å². The number of aliphatic carboxylic acids is 1. The number of fused-ring (bicyclic) bond motifs is 2. The van der Waals surface area contributed by atoms with Crippen molar-refractivity contribution in [3.63, 3.8) is 0 Å². The van der Waals surface area contributed by atoms with Crippen LogP contribution in [0.25, 0.3) is 0 Å². The van der Waals surface area contributed by atoms with Crippen molar-refractivity contribution in [3.8, 4) is 0 Å². The standard InChI is InChI=1S/C24H29N3O.C14H17NO3.C14H15NO2.C14H17NO.C14H16NO.C10H13N.8C2H6.2CH4.W/c1-24(2)16-20-10-6-9-19-15-21(23(28)27(24)22(19)20)26-13-11-25(12-14-26)17-18-7-4-3-5-8-18;1-14(2)9-10-5-3-4-6-11(10)15(14)12(16)7-8-13(17)18;1-14(2)8-9-4-3-5-10-11(16)6-7-12(17)15(14)13(9)10;2*1-14(2)9-11-7-3-5-10-6-4-8-12(16)15(14)13(10)11;1-10(2)7-8-5-3-4-6-9(8)11-10;8*1-2;;;/h3-10,21H,11-17H2,1-2H3;3-6H,7-9H2,1-2H3,(H,17,18);3-5H,6-8H2,1-2H3;3,5,7H,4,6,8-9H2,1-2H3;3,5,7-8H,4,6,9H2,1-2H3;3-6,11H,7H2,1-2H3;8*1-2H3;2*1H4;/q;;;;-1;;;;;;;;;;;;. The Bertz CT molecular complexity index is 4460. The van der Waals surface area contributed by atoms with E-state index in [4.69, 9.17) is 5.11 Å². The molecule has 690 valence electrons. The molecule has 17 heteroatoms. The summed E-state index contributed by atoms with van der Waals surface area (Å²) < 4.78 is 0. The Hall–Kier alpha value is -8.69. The predicted octanol–water partition coefficient (Wildman–Crippen LogP) is 24.8. The van der Waals surface area contributed by atoms with Gasteiger partial charge in [0.05, 0.1) is 35.4 Å². The molecule has 0 aromatic heterocycles. The Balaban J connectivity index is 0.000000497. The van der Waals surface area contributed by atoms with Crippen LogP contribution >= 0.6 is 0 Å². The zero-order chi connectivity index (χ0) is 91.4. The summed E-state index contributed by atoms with van der Waals surface area (Å²) in [6.45, 7) is 62.6. The molecule has 0 radical (unpaired) electrons. The van der Waals surface area contributed by atoms with Crippen LogP contribution in [0.1, 0.15) is 320 Å². The van der Waals surface area contributed by atoms with Crippen LogP contribution in [0.15, 0.2) is 152 Å². The molecule has 7 aromatic carbocycles. The van der Waals surface area contributed by atoms with E-state index in [9.17, 15) is 33.6 Å². The molecular weight excluding hydrogens is 1720 g/mol. The molecule has 16 nitrogen and oxygen atoms in total. The minimum Gasteiger partial charge on any atom is -0.481 e. The second-order valence-electron chi connectivity index (χ2n) is 34.5. The number of para-hydroxylation sites is 6. The Morgan fingerprint density at radius 2 is 0.824 bits per heavy atom. The molecule has 7 aromatic rings. The molecule has 1 fully saturated rings. The first-order valence-electron chi connectivity index (χ1n) is 46.5. The number of anilines is 6. The number of carbonyl (C=O) groups excluding carboxylic acids is 6. The summed E-state index contributed by atoms with van der Waals surface area (Å²) in [6.07, 6.45) is 13.5. The molecule has 2 N–H and O–H groups in total. The average Bonchev–Trinajstić information content (AvgIpc) is 1.60. The van der Waals surface area contributed by atoms with Gasteiger partial charge in [-0.05, 0) is 215 Å². The van der Waals surface area contributed by atoms with E-state index < -0.39 is 5.97 Å². The van der Waals surface area contributed by atoms with Gasteiger partial charge in [-0.1, -0.05) is 266 Å². The fourth-order valence-corrected chi connectivity index (χ4v) is 18.6. The number of ketones is 1. The first-order chi connectivity index (χ1) is 58.3. The monoisotopic (exact) mass is 1880 g/mol. The maximum absolute atomic E-state index is 13.5. The van der Waals surface area contributed by atoms with E-state index in [2.05, 4.69) is 198 Å². The number of piperazine rings is 1. The number of hydrogen-bond acceptors (Lipinski definition) is 10. The number of amides is 5. The Labute approximate surface area is 772 Å². The summed E-state index contributed by atoms with van der Waals surface area (Å²) in [5, 5.41) is 12.1. The molecule has 0 aliphatic carbocycles. The quantitative estimate of drug-likeness (QED) is 0.152. The van der Waals surface area contributed by atoms with Gasteiger partial charge in [0.15, 0.2) is 5.78 Å². The Morgan fingerprint density at radius 3 is 1.36 bits per heavy atom. The van der Waals surface area contributed by atoms with Crippen LogP contribution in [0.2, 0.25) is 0 Å². The predicted molar refractivity (Wildman–Crippen MR) is 527 cm³/mol. The molecule has 0 saturated carbocycles. The normalized spacial score (nSPS) is 18.4. The number of carboxylic acid groups (broad SMARTS) is 1. The van der Waals surface area contributed by atoms with E-state index in [1.807, 2.05) is 188 Å². The van der Waals surface area contributed by atoms with E-state index in [1.54, 1.807) is 4.90 Å². The van der Waals surface area contributed by atoms with Gasteiger partial charge in [0.25, 0.3) is 0 Å². The third-order valence-corrected chi connectivity index (χ3v) is 23.1. The topological polar surface area (TPSA) is 174 Å². The van der Waals surface area contributed by atoms with Gasteiger partial charge in [-0.15, -0.1) is 0 Å². The molecule has 5 amide bonds. The number of Topliss-reactive ketones (excluding diaryl/α,β-unsaturated/α-hetero) is 1. The maximum Gasteiger partial charge on any atom is 0.303 e. The SMILES string of the molecule is C.C.CC.CC.CC.CC.CC.CC.CC.CC.CC1(C)Cc2cccc3c2N1C(=O)C(N1CCN(Cc2ccccc2)CC1)C3.CC1(C)Cc2cccc3c2N1C(=O)CCC3.CC1(C)Cc2cccc3c2N1C(=O)CCC3=O.CC1(C)Cc2cccc3c2N1C(=O)[CH-]CC3.CC1(C)Cc2ccccc2N1.CC1(C)Cc2ccccc2N1C(=O)CCC(=O)O.[W]. The van der Waals surface area contributed by atoms with Crippen LogP contribution in [0.5, 0.6) is 0 Å². The average molecular weight is 1890 g/mol. The molecule has 1 atom stereocenters. The first kappa shape index (κ1) is 112. The fraction of sp³-hybridized carbons (Fsp3) is 0.537. The Morgan fingerprint density at radius 1 is 0.408 bits per heavy atom. The third kappa shape index (κ3) is 27.0. The smallest absolute Gasteiger partial charge is 0.303 e. The summed E-state index contributed by atoms with van der Waals surface area (Å²) in [5.41, 5.74) is 20.0. The van der Waals surface area contributed by atoms with E-state index in [-0.39, 0.29) is 112 Å². The van der Waals surface area contributed by atoms with Gasteiger partial charge in [-0.3, -0.25) is 38.6 Å². The summed E-state index contributed by atoms with van der Waals surface area (Å²) in [5.74, 6) is -0.107. The van der Waals surface area contributed by atoms with Crippen molar-refractivity contribution in [2.75, 3.05) is 56.0 Å². The molecular formula is C108H163N8O8W-. The molecule has 125 heavy (non-hydrogen) atoms. The largest absolute Gasteiger partial charge is 0.481 e. The van der Waals surface area contributed by atoms with Crippen LogP contribution in [0.4, 0.5) is 34.1 Å². The number of hydrogen-bond donors (Lipinski definition) is 2. The zero-order valence-electron chi connectivity index (χ0n) is 80.8. The van der Waals surface area contributed by atoms with Crippen molar-refractivity contribution in [1.29, 1.82) is 0 Å². The molecule has 0 spiro atoms. The molecule has 11 aliphatic rings. The van der Waals surface area contributed by atoms with Gasteiger partial charge < -0.3 is 46.1 Å². The van der Waals surface area contributed by atoms with Gasteiger partial charge in [-0.2, -0.15) is 6.42 Å². The summed E-state index contributed by atoms with van der Waals surface area (Å²) in [6, 6.07) is 52.2. The van der Waals surface area contributed by atoms with Crippen LogP contribution < -0.4 is 29.8 Å². The molecule has 18 rings (SSSR count). The Kier molecular flexibility index (Phi) is 46.2. The van der Waals surface area contributed by atoms with Crippen LogP contribution in [0, 0.1) is 6.42 Å². The summed E-state index contributed by atoms with van der Waals surface area (Å²) in [7, 11) is 0. The molecule has 11 aliphatic heterocycles. The van der Waals surface area contributed by atoms with E-state index >= 15 is 0 Å². The van der Waals surface area contributed by atoms with Gasteiger partial charge >= 0.3 is 5.97 Å². The van der Waals surface area contributed by atoms with E-state index in [1.165, 1.54) is 67.3 Å². The molecule has 1 saturated heterocycles. The van der Waals surface area contributed by atoms with Crippen molar-refractivity contribution in [3.05, 3.63) is 219 Å². The molecule has 1 unspecified atom stereocenters. The number of nitrogens with zero attached hydrogens (tertiary/aromatic N) is 7. The van der Waals surface area contributed by atoms with E-state index in [0.717, 1.165) is 131 Å². The zero-order valence-corrected chi connectivity index (χ0v) is 83.7. The van der Waals surface area contributed by atoms with Crippen molar-refractivity contribution >= 4 is 75.4 Å². The van der Waals surface area contributed by atoms with Crippen molar-refractivity contribution in [1.82, 2.24) is 9.80 Å². The minimum atomic E-state index is -0.936. The summed E-state index contributed by atoms with van der Waals surface area (Å²) >= 11 is 0. The van der Waals surface area contributed by atoms with Crippen LogP contribution in [-0.2, 0) is 114 Å². The first-order valence-corrected chi connectivity index (χ1v) is 46.5. The van der Waals surface area contributed by atoms with Gasteiger partial charge in [0.2, 0.25) is 23.6 Å². The summed E-state index contributed by atoms with van der Waals surface area (Å²) in [4.78, 5) is 99.4. The van der Waals surface area contributed by atoms with Crippen LogP contribution in [-0.4, -0.2) is 122 Å². The van der Waals surface area contributed by atoms with E-state index in [0.29, 0.717) is 31.1 Å². The number of aryl methyl sites for hydroxylation is 2. The van der Waals surface area contributed by atoms with Crippen molar-refractivity contribution < 1.29 is 59.7 Å². The number of benzene rings is 7. The van der Waals surface area contributed by atoms with Gasteiger partial charge in [0.1, 0.15) is 0 Å². The second-order valence-corrected chi connectivity index (χ2v) is 34.5. The maximum atomic E-state index is 13.5. The number of carboxylic acids is 1. The minimum absolute atomic E-state index is 0. The number of rotatable bonds is 6.